The van der Waals surface area contributed by atoms with Gasteiger partial charge in [-0.1, -0.05) is 0 Å². The molecule has 0 saturated carbocycles. The molecule has 1 unspecified atom stereocenters. The highest BCUT2D eigenvalue weighted by molar-refractivity contribution is 5.76. The van der Waals surface area contributed by atoms with Crippen molar-refractivity contribution < 1.29 is 19.8 Å². The van der Waals surface area contributed by atoms with Gasteiger partial charge in [-0.2, -0.15) is 0 Å². The highest BCUT2D eigenvalue weighted by Gasteiger charge is 2.29. The average molecular weight is 258 g/mol. The number of hydrogen-bond acceptors (Lipinski definition) is 3. The fourth-order valence-electron chi connectivity index (χ4n) is 2.20. The van der Waals surface area contributed by atoms with Crippen LogP contribution in [0.25, 0.3) is 0 Å². The van der Waals surface area contributed by atoms with E-state index in [2.05, 4.69) is 0 Å². The van der Waals surface area contributed by atoms with Crippen LogP contribution in [0.2, 0.25) is 0 Å². The van der Waals surface area contributed by atoms with E-state index in [4.69, 9.17) is 10.2 Å². The molecule has 0 radical (unpaired) electrons. The van der Waals surface area contributed by atoms with Crippen LogP contribution >= 0.6 is 0 Å². The maximum atomic E-state index is 12.2. The van der Waals surface area contributed by atoms with Crippen LogP contribution in [0.1, 0.15) is 26.2 Å². The molecule has 0 aromatic carbocycles. The first-order chi connectivity index (χ1) is 8.60. The number of carboxylic acids is 1. The Morgan fingerprint density at radius 3 is 2.72 bits per heavy atom. The standard InChI is InChI=1S/C12H22N2O4/c1-2-13(7-4-8-15)12(18)14-6-3-5-10(9-14)11(16)17/h10,15H,2-9H2,1H3,(H,16,17). The SMILES string of the molecule is CCN(CCCO)C(=O)N1CCCC(C(=O)O)C1. The lowest BCUT2D eigenvalue weighted by atomic mass is 9.98. The van der Waals surface area contributed by atoms with Gasteiger partial charge in [0, 0.05) is 32.8 Å². The van der Waals surface area contributed by atoms with Crippen molar-refractivity contribution in [1.82, 2.24) is 9.80 Å². The summed E-state index contributed by atoms with van der Waals surface area (Å²) < 4.78 is 0. The maximum Gasteiger partial charge on any atom is 0.320 e. The van der Waals surface area contributed by atoms with E-state index in [1.807, 2.05) is 6.92 Å². The zero-order valence-corrected chi connectivity index (χ0v) is 10.8. The predicted octanol–water partition coefficient (Wildman–Crippen LogP) is 0.607. The molecule has 1 heterocycles. The fraction of sp³-hybridized carbons (Fsp3) is 0.833. The Balaban J connectivity index is 2.55. The van der Waals surface area contributed by atoms with Crippen LogP contribution in [0.15, 0.2) is 0 Å². The lowest BCUT2D eigenvalue weighted by molar-refractivity contribution is -0.143. The summed E-state index contributed by atoms with van der Waals surface area (Å²) >= 11 is 0. The van der Waals surface area contributed by atoms with E-state index in [1.165, 1.54) is 0 Å². The molecule has 18 heavy (non-hydrogen) atoms. The minimum absolute atomic E-state index is 0.0571. The van der Waals surface area contributed by atoms with E-state index >= 15 is 0 Å². The van der Waals surface area contributed by atoms with Crippen molar-refractivity contribution in [1.29, 1.82) is 0 Å². The Morgan fingerprint density at radius 1 is 1.44 bits per heavy atom. The first-order valence-electron chi connectivity index (χ1n) is 6.47. The zero-order valence-electron chi connectivity index (χ0n) is 10.8. The van der Waals surface area contributed by atoms with Crippen molar-refractivity contribution in [3.63, 3.8) is 0 Å². The molecule has 0 aliphatic carbocycles. The van der Waals surface area contributed by atoms with E-state index in [9.17, 15) is 9.59 Å². The van der Waals surface area contributed by atoms with Gasteiger partial charge in [-0.15, -0.1) is 0 Å². The van der Waals surface area contributed by atoms with Crippen molar-refractivity contribution >= 4 is 12.0 Å². The number of carbonyl (C=O) groups excluding carboxylic acids is 1. The third-order valence-electron chi connectivity index (χ3n) is 3.28. The molecule has 1 rings (SSSR count). The second-order valence-electron chi connectivity index (χ2n) is 4.56. The monoisotopic (exact) mass is 258 g/mol. The molecule has 2 N–H and O–H groups in total. The van der Waals surface area contributed by atoms with Gasteiger partial charge in [0.05, 0.1) is 5.92 Å². The number of aliphatic hydroxyl groups is 1. The fourth-order valence-corrected chi connectivity index (χ4v) is 2.20. The molecule has 1 fully saturated rings. The van der Waals surface area contributed by atoms with Crippen LogP contribution in [0.4, 0.5) is 4.79 Å². The molecule has 0 bridgehead atoms. The lowest BCUT2D eigenvalue weighted by Gasteiger charge is -2.34. The molecular weight excluding hydrogens is 236 g/mol. The first-order valence-corrected chi connectivity index (χ1v) is 6.47. The maximum absolute atomic E-state index is 12.2. The molecule has 104 valence electrons. The summed E-state index contributed by atoms with van der Waals surface area (Å²) in [6.07, 6.45) is 1.93. The molecule has 6 heteroatoms. The third-order valence-corrected chi connectivity index (χ3v) is 3.28. The smallest absolute Gasteiger partial charge is 0.320 e. The van der Waals surface area contributed by atoms with Crippen LogP contribution in [0.5, 0.6) is 0 Å². The van der Waals surface area contributed by atoms with Crippen molar-refractivity contribution in [3.05, 3.63) is 0 Å². The van der Waals surface area contributed by atoms with Crippen LogP contribution in [-0.2, 0) is 4.79 Å². The molecule has 0 aromatic rings. The molecule has 0 aromatic heterocycles. The summed E-state index contributed by atoms with van der Waals surface area (Å²) in [6.45, 7) is 3.95. The summed E-state index contributed by atoms with van der Waals surface area (Å²) in [5, 5.41) is 17.8. The second-order valence-corrected chi connectivity index (χ2v) is 4.56. The first kappa shape index (κ1) is 14.8. The molecule has 1 aliphatic rings. The number of aliphatic hydroxyl groups excluding tert-OH is 1. The largest absolute Gasteiger partial charge is 0.481 e. The normalized spacial score (nSPS) is 19.7. The van der Waals surface area contributed by atoms with Gasteiger partial charge in [0.25, 0.3) is 0 Å². The van der Waals surface area contributed by atoms with E-state index in [-0.39, 0.29) is 12.6 Å². The van der Waals surface area contributed by atoms with E-state index in [0.717, 1.165) is 6.42 Å². The minimum atomic E-state index is -0.828. The topological polar surface area (TPSA) is 81.1 Å². The zero-order chi connectivity index (χ0) is 13.5. The number of likely N-dealkylation sites (tertiary alicyclic amines) is 1. The van der Waals surface area contributed by atoms with E-state index < -0.39 is 11.9 Å². The molecule has 6 nitrogen and oxygen atoms in total. The summed E-state index contributed by atoms with van der Waals surface area (Å²) in [5.41, 5.74) is 0. The van der Waals surface area contributed by atoms with Gasteiger partial charge in [0.2, 0.25) is 0 Å². The molecule has 0 spiro atoms. The van der Waals surface area contributed by atoms with Crippen LogP contribution in [0, 0.1) is 5.92 Å². The minimum Gasteiger partial charge on any atom is -0.481 e. The number of rotatable bonds is 5. The quantitative estimate of drug-likeness (QED) is 0.757. The van der Waals surface area contributed by atoms with Gasteiger partial charge >= 0.3 is 12.0 Å². The molecule has 1 aliphatic heterocycles. The highest BCUT2D eigenvalue weighted by Crippen LogP contribution is 2.18. The summed E-state index contributed by atoms with van der Waals surface area (Å²) in [5.74, 6) is -1.27. The number of amides is 2. The second kappa shape index (κ2) is 7.20. The number of carboxylic acid groups (broad SMARTS) is 1. The Hall–Kier alpha value is -1.30. The van der Waals surface area contributed by atoms with Crippen molar-refractivity contribution in [2.75, 3.05) is 32.8 Å². The number of piperidine rings is 1. The Labute approximate surface area is 107 Å². The van der Waals surface area contributed by atoms with Crippen LogP contribution in [0.3, 0.4) is 0 Å². The Bertz CT molecular complexity index is 296. The van der Waals surface area contributed by atoms with Crippen LogP contribution < -0.4 is 0 Å². The average Bonchev–Trinajstić information content (AvgIpc) is 2.39. The molecular formula is C12H22N2O4. The van der Waals surface area contributed by atoms with Gasteiger partial charge in [-0.05, 0) is 26.2 Å². The molecule has 1 saturated heterocycles. The van der Waals surface area contributed by atoms with Gasteiger partial charge < -0.3 is 20.0 Å². The number of carbonyl (C=O) groups is 2. The van der Waals surface area contributed by atoms with Crippen molar-refractivity contribution in [3.8, 4) is 0 Å². The van der Waals surface area contributed by atoms with Crippen molar-refractivity contribution in [2.45, 2.75) is 26.2 Å². The predicted molar refractivity (Wildman–Crippen MR) is 66.3 cm³/mol. The van der Waals surface area contributed by atoms with Gasteiger partial charge in [0.1, 0.15) is 0 Å². The third kappa shape index (κ3) is 3.87. The Kier molecular flexibility index (Phi) is 5.91. The Morgan fingerprint density at radius 2 is 2.17 bits per heavy atom. The summed E-state index contributed by atoms with van der Waals surface area (Å²) in [7, 11) is 0. The van der Waals surface area contributed by atoms with E-state index in [0.29, 0.717) is 39.0 Å². The highest BCUT2D eigenvalue weighted by atomic mass is 16.4. The number of hydrogen-bond donors (Lipinski definition) is 2. The lowest BCUT2D eigenvalue weighted by Crippen LogP contribution is -2.49. The number of aliphatic carboxylic acids is 1. The van der Waals surface area contributed by atoms with Gasteiger partial charge in [-0.25, -0.2) is 4.79 Å². The van der Waals surface area contributed by atoms with Gasteiger partial charge in [0.15, 0.2) is 0 Å². The summed E-state index contributed by atoms with van der Waals surface area (Å²) in [6, 6.07) is -0.114. The molecule has 2 amide bonds. The summed E-state index contributed by atoms with van der Waals surface area (Å²) in [4.78, 5) is 26.4. The van der Waals surface area contributed by atoms with Crippen molar-refractivity contribution in [2.24, 2.45) is 5.92 Å². The number of nitrogens with zero attached hydrogens (tertiary/aromatic N) is 2. The van der Waals surface area contributed by atoms with Crippen LogP contribution in [-0.4, -0.2) is 64.8 Å². The molecule has 1 atom stereocenters. The van der Waals surface area contributed by atoms with Gasteiger partial charge in [-0.3, -0.25) is 4.79 Å². The van der Waals surface area contributed by atoms with E-state index in [1.54, 1.807) is 9.80 Å². The number of urea groups is 1.